The number of hydrogen-bond acceptors (Lipinski definition) is 3. The molecule has 0 fully saturated rings. The quantitative estimate of drug-likeness (QED) is 0.518. The van der Waals surface area contributed by atoms with Gasteiger partial charge in [0.2, 0.25) is 5.89 Å². The number of amides is 1. The minimum atomic E-state index is 0.0302. The fourth-order valence-corrected chi connectivity index (χ4v) is 3.47. The van der Waals surface area contributed by atoms with Crippen LogP contribution in [0.2, 0.25) is 0 Å². The lowest BCUT2D eigenvalue weighted by molar-refractivity contribution is 0.0996. The molecule has 1 aliphatic rings. The van der Waals surface area contributed by atoms with Crippen LogP contribution >= 0.6 is 0 Å². The van der Waals surface area contributed by atoms with Crippen LogP contribution in [0.4, 0.5) is 5.69 Å². The SMILES string of the molecule is Cc1ccccc1-c1nc2cc(N3Cc4ccccc4C3=O)ccc2o1. The Morgan fingerprint density at radius 2 is 1.73 bits per heavy atom. The number of benzene rings is 3. The predicted octanol–water partition coefficient (Wildman–Crippen LogP) is 4.96. The van der Waals surface area contributed by atoms with Gasteiger partial charge in [0.25, 0.3) is 5.91 Å². The minimum absolute atomic E-state index is 0.0302. The van der Waals surface area contributed by atoms with Crippen molar-refractivity contribution in [3.8, 4) is 11.5 Å². The maximum atomic E-state index is 12.7. The Hall–Kier alpha value is -3.40. The first-order chi connectivity index (χ1) is 12.7. The number of hydrogen-bond donors (Lipinski definition) is 0. The van der Waals surface area contributed by atoms with Gasteiger partial charge < -0.3 is 9.32 Å². The minimum Gasteiger partial charge on any atom is -0.436 e. The number of aryl methyl sites for hydroxylation is 1. The Bertz CT molecular complexity index is 1160. The fraction of sp³-hybridized carbons (Fsp3) is 0.0909. The van der Waals surface area contributed by atoms with Gasteiger partial charge in [-0.25, -0.2) is 4.98 Å². The van der Waals surface area contributed by atoms with E-state index in [2.05, 4.69) is 4.98 Å². The van der Waals surface area contributed by atoms with Crippen LogP contribution in [0.25, 0.3) is 22.6 Å². The molecule has 4 nitrogen and oxygen atoms in total. The van der Waals surface area contributed by atoms with Crippen molar-refractivity contribution in [2.45, 2.75) is 13.5 Å². The van der Waals surface area contributed by atoms with Crippen LogP contribution in [0.1, 0.15) is 21.5 Å². The van der Waals surface area contributed by atoms with E-state index in [9.17, 15) is 4.79 Å². The average molecular weight is 340 g/mol. The van der Waals surface area contributed by atoms with Crippen LogP contribution in [0, 0.1) is 6.92 Å². The van der Waals surface area contributed by atoms with Gasteiger partial charge in [0.15, 0.2) is 5.58 Å². The molecule has 1 amide bonds. The molecule has 126 valence electrons. The second-order valence-corrected chi connectivity index (χ2v) is 6.53. The summed E-state index contributed by atoms with van der Waals surface area (Å²) in [6.07, 6.45) is 0. The highest BCUT2D eigenvalue weighted by atomic mass is 16.3. The first-order valence-electron chi connectivity index (χ1n) is 8.57. The normalized spacial score (nSPS) is 13.4. The summed E-state index contributed by atoms with van der Waals surface area (Å²) in [5, 5.41) is 0. The van der Waals surface area contributed by atoms with Gasteiger partial charge in [0.05, 0.1) is 6.54 Å². The molecule has 0 saturated carbocycles. The van der Waals surface area contributed by atoms with E-state index < -0.39 is 0 Å². The summed E-state index contributed by atoms with van der Waals surface area (Å²) < 4.78 is 5.93. The Labute approximate surface area is 150 Å². The summed E-state index contributed by atoms with van der Waals surface area (Å²) in [5.41, 5.74) is 6.23. The molecular formula is C22H16N2O2. The number of rotatable bonds is 2. The van der Waals surface area contributed by atoms with Crippen LogP contribution in [0.5, 0.6) is 0 Å². The molecule has 0 N–H and O–H groups in total. The topological polar surface area (TPSA) is 46.3 Å². The first kappa shape index (κ1) is 14.9. The zero-order valence-corrected chi connectivity index (χ0v) is 14.3. The summed E-state index contributed by atoms with van der Waals surface area (Å²) in [5.74, 6) is 0.633. The highest BCUT2D eigenvalue weighted by Crippen LogP contribution is 2.32. The summed E-state index contributed by atoms with van der Waals surface area (Å²) in [6.45, 7) is 2.62. The Morgan fingerprint density at radius 1 is 0.962 bits per heavy atom. The molecule has 1 aromatic heterocycles. The van der Waals surface area contributed by atoms with Crippen LogP contribution < -0.4 is 4.90 Å². The predicted molar refractivity (Wildman–Crippen MR) is 101 cm³/mol. The number of aromatic nitrogens is 1. The molecule has 26 heavy (non-hydrogen) atoms. The molecule has 0 radical (unpaired) electrons. The molecule has 0 aliphatic carbocycles. The van der Waals surface area contributed by atoms with Crippen LogP contribution in [0.15, 0.2) is 71.1 Å². The zero-order valence-electron chi connectivity index (χ0n) is 14.3. The molecule has 4 aromatic rings. The van der Waals surface area contributed by atoms with Gasteiger partial charge in [-0.3, -0.25) is 4.79 Å². The van der Waals surface area contributed by atoms with Crippen molar-refractivity contribution in [3.63, 3.8) is 0 Å². The lowest BCUT2D eigenvalue weighted by Crippen LogP contribution is -2.22. The Kier molecular flexibility index (Phi) is 3.19. The molecule has 0 bridgehead atoms. The van der Waals surface area contributed by atoms with E-state index in [1.807, 2.05) is 73.7 Å². The standard InChI is InChI=1S/C22H16N2O2/c1-14-6-2-4-8-17(14)21-23-19-12-16(10-11-20(19)26-21)24-13-15-7-3-5-9-18(15)22(24)25/h2-12H,13H2,1H3. The van der Waals surface area contributed by atoms with Crippen LogP contribution in [-0.2, 0) is 6.54 Å². The van der Waals surface area contributed by atoms with Gasteiger partial charge in [-0.15, -0.1) is 0 Å². The van der Waals surface area contributed by atoms with E-state index in [-0.39, 0.29) is 5.91 Å². The van der Waals surface area contributed by atoms with Gasteiger partial charge in [0, 0.05) is 16.8 Å². The number of carbonyl (C=O) groups excluding carboxylic acids is 1. The van der Waals surface area contributed by atoms with Gasteiger partial charge in [-0.2, -0.15) is 0 Å². The molecule has 2 heterocycles. The van der Waals surface area contributed by atoms with Gasteiger partial charge in [0.1, 0.15) is 5.52 Å². The number of carbonyl (C=O) groups is 1. The van der Waals surface area contributed by atoms with E-state index in [1.165, 1.54) is 0 Å². The van der Waals surface area contributed by atoms with Crippen molar-refractivity contribution in [3.05, 3.63) is 83.4 Å². The Balaban J connectivity index is 1.56. The molecule has 1 aliphatic heterocycles. The number of fused-ring (bicyclic) bond motifs is 2. The summed E-state index contributed by atoms with van der Waals surface area (Å²) in [6, 6.07) is 21.5. The summed E-state index contributed by atoms with van der Waals surface area (Å²) in [7, 11) is 0. The smallest absolute Gasteiger partial charge is 0.258 e. The monoisotopic (exact) mass is 340 g/mol. The van der Waals surface area contributed by atoms with E-state index in [0.29, 0.717) is 12.4 Å². The molecule has 3 aromatic carbocycles. The summed E-state index contributed by atoms with van der Waals surface area (Å²) >= 11 is 0. The van der Waals surface area contributed by atoms with Crippen LogP contribution in [-0.4, -0.2) is 10.9 Å². The molecule has 0 atom stereocenters. The molecule has 4 heteroatoms. The third-order valence-corrected chi connectivity index (χ3v) is 4.88. The zero-order chi connectivity index (χ0) is 17.7. The maximum absolute atomic E-state index is 12.7. The van der Waals surface area contributed by atoms with E-state index >= 15 is 0 Å². The second-order valence-electron chi connectivity index (χ2n) is 6.53. The fourth-order valence-electron chi connectivity index (χ4n) is 3.47. The largest absolute Gasteiger partial charge is 0.436 e. The van der Waals surface area contributed by atoms with Crippen molar-refractivity contribution < 1.29 is 9.21 Å². The van der Waals surface area contributed by atoms with Crippen LogP contribution in [0.3, 0.4) is 0 Å². The molecule has 0 spiro atoms. The lowest BCUT2D eigenvalue weighted by atomic mass is 10.1. The number of oxazole rings is 1. The molecule has 5 rings (SSSR count). The third-order valence-electron chi connectivity index (χ3n) is 4.88. The third kappa shape index (κ3) is 2.23. The van der Waals surface area contributed by atoms with Crippen molar-refractivity contribution in [1.82, 2.24) is 4.98 Å². The van der Waals surface area contributed by atoms with Crippen molar-refractivity contribution in [2.24, 2.45) is 0 Å². The maximum Gasteiger partial charge on any atom is 0.258 e. The number of anilines is 1. The molecule has 0 unspecified atom stereocenters. The van der Waals surface area contributed by atoms with E-state index in [1.54, 1.807) is 4.90 Å². The van der Waals surface area contributed by atoms with Gasteiger partial charge in [-0.1, -0.05) is 36.4 Å². The Morgan fingerprint density at radius 3 is 2.54 bits per heavy atom. The second kappa shape index (κ2) is 5.56. The van der Waals surface area contributed by atoms with Gasteiger partial charge in [-0.05, 0) is 48.4 Å². The van der Waals surface area contributed by atoms with Crippen molar-refractivity contribution in [2.75, 3.05) is 4.90 Å². The lowest BCUT2D eigenvalue weighted by Gasteiger charge is -2.15. The number of nitrogens with zero attached hydrogens (tertiary/aromatic N) is 2. The van der Waals surface area contributed by atoms with E-state index in [0.717, 1.165) is 39.0 Å². The highest BCUT2D eigenvalue weighted by molar-refractivity contribution is 6.10. The highest BCUT2D eigenvalue weighted by Gasteiger charge is 2.28. The molecular weight excluding hydrogens is 324 g/mol. The van der Waals surface area contributed by atoms with Crippen molar-refractivity contribution in [1.29, 1.82) is 0 Å². The summed E-state index contributed by atoms with van der Waals surface area (Å²) in [4.78, 5) is 19.1. The van der Waals surface area contributed by atoms with Crippen molar-refractivity contribution >= 4 is 22.7 Å². The average Bonchev–Trinajstić information content (AvgIpc) is 3.23. The first-order valence-corrected chi connectivity index (χ1v) is 8.57. The molecule has 0 saturated heterocycles. The van der Waals surface area contributed by atoms with Gasteiger partial charge >= 0.3 is 0 Å². The van der Waals surface area contributed by atoms with E-state index in [4.69, 9.17) is 4.42 Å².